The van der Waals surface area contributed by atoms with Crippen LogP contribution in [0.5, 0.6) is 0 Å². The fourth-order valence-corrected chi connectivity index (χ4v) is 5.27. The van der Waals surface area contributed by atoms with Gasteiger partial charge in [-0.05, 0) is 64.3 Å². The number of ether oxygens (including phenoxy) is 2. The van der Waals surface area contributed by atoms with Crippen molar-refractivity contribution in [3.63, 3.8) is 0 Å². The number of amides is 1. The largest absolute Gasteiger partial charge is 0.457 e. The van der Waals surface area contributed by atoms with E-state index in [1.54, 1.807) is 24.1 Å². The van der Waals surface area contributed by atoms with Crippen molar-refractivity contribution in [3.05, 3.63) is 66.0 Å². The minimum Gasteiger partial charge on any atom is -0.457 e. The Morgan fingerprint density at radius 3 is 2.55 bits per heavy atom. The molecule has 2 aliphatic heterocycles. The van der Waals surface area contributed by atoms with Gasteiger partial charge in [-0.3, -0.25) is 14.7 Å². The number of carbonyl (C=O) groups is 2. The molecule has 0 radical (unpaired) electrons. The highest BCUT2D eigenvalue weighted by Gasteiger charge is 2.37. The van der Waals surface area contributed by atoms with E-state index < -0.39 is 36.0 Å². The van der Waals surface area contributed by atoms with Crippen molar-refractivity contribution in [2.45, 2.75) is 96.7 Å². The molecule has 0 aliphatic carbocycles. The zero-order chi connectivity index (χ0) is 30.9. The quantitative estimate of drug-likeness (QED) is 0.284. The van der Waals surface area contributed by atoms with Crippen LogP contribution in [0.4, 0.5) is 4.79 Å². The summed E-state index contributed by atoms with van der Waals surface area (Å²) >= 11 is 0. The third kappa shape index (κ3) is 9.78. The molecule has 1 aromatic heterocycles. The van der Waals surface area contributed by atoms with Crippen LogP contribution in [0.3, 0.4) is 0 Å². The predicted octanol–water partition coefficient (Wildman–Crippen LogP) is 4.62. The van der Waals surface area contributed by atoms with Crippen molar-refractivity contribution in [2.24, 2.45) is 5.92 Å². The van der Waals surface area contributed by atoms with Crippen molar-refractivity contribution in [3.8, 4) is 0 Å². The van der Waals surface area contributed by atoms with Crippen LogP contribution < -0.4 is 0 Å². The summed E-state index contributed by atoms with van der Waals surface area (Å²) in [6.45, 7) is 14.4. The summed E-state index contributed by atoms with van der Waals surface area (Å²) in [6.07, 6.45) is 8.24. The number of hydrogen-bond acceptors (Lipinski definition) is 8. The SMILES string of the molecule is C/C(=C\C=C\[C@@H](C)c1ccccn1)[C@@H]1OC(=O)C[C@@H](O)CC[C@@](C)(O)[C@H](OC(=O)N2CCN(C(C)C)CC2)/C=C/[C@H]1C. The van der Waals surface area contributed by atoms with Gasteiger partial charge in [-0.2, -0.15) is 0 Å². The van der Waals surface area contributed by atoms with Gasteiger partial charge >= 0.3 is 12.1 Å². The molecule has 1 fully saturated rings. The van der Waals surface area contributed by atoms with Crippen molar-refractivity contribution < 1.29 is 29.3 Å². The highest BCUT2D eigenvalue weighted by Crippen LogP contribution is 2.27. The van der Waals surface area contributed by atoms with E-state index in [9.17, 15) is 19.8 Å². The van der Waals surface area contributed by atoms with Crippen LogP contribution in [0.15, 0.2) is 60.3 Å². The summed E-state index contributed by atoms with van der Waals surface area (Å²) in [5.41, 5.74) is 0.331. The van der Waals surface area contributed by atoms with E-state index in [4.69, 9.17) is 9.47 Å². The second kappa shape index (κ2) is 15.5. The lowest BCUT2D eigenvalue weighted by Gasteiger charge is -2.38. The van der Waals surface area contributed by atoms with Crippen molar-refractivity contribution in [2.75, 3.05) is 26.2 Å². The normalized spacial score (nSPS) is 30.4. The molecule has 3 rings (SSSR count). The molecule has 0 bridgehead atoms. The number of hydrogen-bond donors (Lipinski definition) is 2. The standard InChI is InChI=1S/C33H49N3O6/c1-23(2)35-18-20-36(21-19-35)32(39)41-29-14-13-26(5)31(42-30(38)22-27(37)15-16-33(29,6)40)25(4)11-9-10-24(3)28-12-7-8-17-34-28/h7-14,17,23-24,26-27,29,31,37,40H,15-16,18-22H2,1-6H3/b10-9+,14-13+,25-11+/t24-,26-,27+,29-,31+,33-/m1/s1. The van der Waals surface area contributed by atoms with Crippen LogP contribution in [0.1, 0.15) is 72.4 Å². The number of rotatable bonds is 6. The minimum atomic E-state index is -1.44. The Balaban J connectivity index is 1.79. The van der Waals surface area contributed by atoms with E-state index in [1.165, 1.54) is 0 Å². The lowest BCUT2D eigenvalue weighted by atomic mass is 9.88. The number of cyclic esters (lactones) is 1. The first kappa shape index (κ1) is 33.5. The summed E-state index contributed by atoms with van der Waals surface area (Å²) in [4.78, 5) is 34.3. The molecule has 3 heterocycles. The molecule has 0 unspecified atom stereocenters. The molecule has 1 amide bonds. The van der Waals surface area contributed by atoms with E-state index in [-0.39, 0.29) is 31.1 Å². The summed E-state index contributed by atoms with van der Waals surface area (Å²) in [5.74, 6) is -0.697. The van der Waals surface area contributed by atoms with Gasteiger partial charge in [-0.1, -0.05) is 44.2 Å². The summed E-state index contributed by atoms with van der Waals surface area (Å²) < 4.78 is 11.7. The van der Waals surface area contributed by atoms with Crippen LogP contribution in [0, 0.1) is 5.92 Å². The number of pyridine rings is 1. The fourth-order valence-electron chi connectivity index (χ4n) is 5.27. The minimum absolute atomic E-state index is 0.104. The number of aliphatic hydroxyl groups excluding tert-OH is 1. The number of aliphatic hydroxyl groups is 2. The molecule has 1 aromatic rings. The smallest absolute Gasteiger partial charge is 0.410 e. The van der Waals surface area contributed by atoms with Gasteiger partial charge in [0.2, 0.25) is 0 Å². The summed E-state index contributed by atoms with van der Waals surface area (Å²) in [7, 11) is 0. The Kier molecular flexibility index (Phi) is 12.3. The Bertz CT molecular complexity index is 1110. The van der Waals surface area contributed by atoms with Gasteiger partial charge in [0.15, 0.2) is 6.10 Å². The molecule has 2 aliphatic rings. The molecular formula is C33H49N3O6. The van der Waals surface area contributed by atoms with Crippen molar-refractivity contribution >= 4 is 12.1 Å². The third-order valence-corrected chi connectivity index (χ3v) is 8.22. The molecular weight excluding hydrogens is 534 g/mol. The second-order valence-corrected chi connectivity index (χ2v) is 12.2. The van der Waals surface area contributed by atoms with E-state index in [1.807, 2.05) is 56.4 Å². The highest BCUT2D eigenvalue weighted by atomic mass is 16.6. The van der Waals surface area contributed by atoms with Gasteiger partial charge in [0.1, 0.15) is 11.7 Å². The van der Waals surface area contributed by atoms with E-state index >= 15 is 0 Å². The van der Waals surface area contributed by atoms with Crippen LogP contribution in [0.2, 0.25) is 0 Å². The third-order valence-electron chi connectivity index (χ3n) is 8.22. The number of allylic oxidation sites excluding steroid dienone is 3. The maximum atomic E-state index is 13.1. The molecule has 0 aromatic carbocycles. The van der Waals surface area contributed by atoms with Gasteiger partial charge in [0, 0.05) is 55.9 Å². The Hall–Kier alpha value is -3.01. The first-order chi connectivity index (χ1) is 19.9. The Labute approximate surface area is 250 Å². The first-order valence-corrected chi connectivity index (χ1v) is 15.1. The molecule has 2 N–H and O–H groups in total. The lowest BCUT2D eigenvalue weighted by molar-refractivity contribution is -0.151. The fraction of sp³-hybridized carbons (Fsp3) is 0.606. The molecule has 232 valence electrons. The molecule has 9 heteroatoms. The molecule has 6 atom stereocenters. The second-order valence-electron chi connectivity index (χ2n) is 12.2. The zero-order valence-electron chi connectivity index (χ0n) is 26.0. The van der Waals surface area contributed by atoms with E-state index in [0.29, 0.717) is 19.1 Å². The molecule has 42 heavy (non-hydrogen) atoms. The monoisotopic (exact) mass is 583 g/mol. The number of nitrogens with zero attached hydrogens (tertiary/aromatic N) is 3. The molecule has 1 saturated heterocycles. The maximum Gasteiger partial charge on any atom is 0.410 e. The topological polar surface area (TPSA) is 112 Å². The van der Waals surface area contributed by atoms with Crippen LogP contribution in [-0.2, 0) is 14.3 Å². The zero-order valence-corrected chi connectivity index (χ0v) is 26.0. The van der Waals surface area contributed by atoms with Crippen LogP contribution >= 0.6 is 0 Å². The van der Waals surface area contributed by atoms with E-state index in [0.717, 1.165) is 24.4 Å². The molecule has 0 spiro atoms. The molecule has 0 saturated carbocycles. The van der Waals surface area contributed by atoms with E-state index in [2.05, 4.69) is 30.7 Å². The lowest BCUT2D eigenvalue weighted by Crippen LogP contribution is -2.52. The van der Waals surface area contributed by atoms with Gasteiger partial charge in [0.05, 0.1) is 12.5 Å². The average Bonchev–Trinajstić information content (AvgIpc) is 2.96. The maximum absolute atomic E-state index is 13.1. The number of esters is 1. The number of carbonyl (C=O) groups excluding carboxylic acids is 2. The van der Waals surface area contributed by atoms with Crippen LogP contribution in [-0.4, -0.2) is 93.2 Å². The van der Waals surface area contributed by atoms with Gasteiger partial charge in [-0.15, -0.1) is 0 Å². The highest BCUT2D eigenvalue weighted by molar-refractivity contribution is 5.70. The van der Waals surface area contributed by atoms with Crippen molar-refractivity contribution in [1.29, 1.82) is 0 Å². The van der Waals surface area contributed by atoms with Gasteiger partial charge in [-0.25, -0.2) is 4.79 Å². The molecule has 9 nitrogen and oxygen atoms in total. The summed E-state index contributed by atoms with van der Waals surface area (Å²) in [5, 5.41) is 21.9. The Morgan fingerprint density at radius 2 is 1.90 bits per heavy atom. The van der Waals surface area contributed by atoms with Gasteiger partial charge < -0.3 is 24.6 Å². The number of aromatic nitrogens is 1. The van der Waals surface area contributed by atoms with Crippen molar-refractivity contribution in [1.82, 2.24) is 14.8 Å². The summed E-state index contributed by atoms with van der Waals surface area (Å²) in [6, 6.07) is 6.22. The predicted molar refractivity (Wildman–Crippen MR) is 163 cm³/mol. The van der Waals surface area contributed by atoms with Gasteiger partial charge in [0.25, 0.3) is 0 Å². The van der Waals surface area contributed by atoms with Crippen LogP contribution in [0.25, 0.3) is 0 Å². The average molecular weight is 584 g/mol. The Morgan fingerprint density at radius 1 is 1.19 bits per heavy atom. The first-order valence-electron chi connectivity index (χ1n) is 15.1. The number of piperazine rings is 1.